The fourth-order valence-corrected chi connectivity index (χ4v) is 2.71. The van der Waals surface area contributed by atoms with Gasteiger partial charge in [-0.1, -0.05) is 53.7 Å². The van der Waals surface area contributed by atoms with Gasteiger partial charge in [0, 0.05) is 17.9 Å². The van der Waals surface area contributed by atoms with Crippen LogP contribution in [0.4, 0.5) is 0 Å². The van der Waals surface area contributed by atoms with Crippen LogP contribution in [0.5, 0.6) is 0 Å². The number of aryl methyl sites for hydroxylation is 1. The average molecular weight is 354 g/mol. The molecule has 0 aromatic heterocycles. The number of carbonyl (C=O) groups is 2. The number of halogens is 1. The topological polar surface area (TPSA) is 46.2 Å². The molecule has 116 valence electrons. The molecule has 3 nitrogen and oxygen atoms in total. The van der Waals surface area contributed by atoms with Crippen LogP contribution in [0.1, 0.15) is 50.5 Å². The Morgan fingerprint density at radius 2 is 1.71 bits per heavy atom. The second kappa shape index (κ2) is 10.6. The molecule has 0 saturated carbocycles. The Balaban J connectivity index is 1.98. The summed E-state index contributed by atoms with van der Waals surface area (Å²) < 4.78 is 1.14. The number of benzene rings is 1. The van der Waals surface area contributed by atoms with Gasteiger partial charge in [0.05, 0.1) is 0 Å². The standard InChI is InChI=1S/C17H24BrNO2/c1-19-17(21)16(20)12-7-5-3-2-4-6-9-14-10-8-11-15(18)13-14/h8,10-11,13H,2-7,9,12H2,1H3,(H,19,21). The number of likely N-dealkylation sites (N-methyl/N-ethyl adjacent to an activating group) is 1. The monoisotopic (exact) mass is 353 g/mol. The Labute approximate surface area is 135 Å². The number of hydrogen-bond donors (Lipinski definition) is 1. The Morgan fingerprint density at radius 1 is 1.05 bits per heavy atom. The highest BCUT2D eigenvalue weighted by molar-refractivity contribution is 9.10. The molecule has 1 aromatic carbocycles. The molecule has 0 saturated heterocycles. The van der Waals surface area contributed by atoms with Gasteiger partial charge in [-0.2, -0.15) is 0 Å². The van der Waals surface area contributed by atoms with Crippen LogP contribution in [0.2, 0.25) is 0 Å². The predicted octanol–water partition coefficient (Wildman–Crippen LogP) is 4.04. The number of nitrogens with one attached hydrogen (secondary N) is 1. The Hall–Kier alpha value is -1.16. The summed E-state index contributed by atoms with van der Waals surface area (Å²) in [7, 11) is 1.49. The van der Waals surface area contributed by atoms with Crippen molar-refractivity contribution in [1.29, 1.82) is 0 Å². The summed E-state index contributed by atoms with van der Waals surface area (Å²) in [6, 6.07) is 8.45. The average Bonchev–Trinajstić information content (AvgIpc) is 2.48. The number of rotatable bonds is 10. The third-order valence-electron chi connectivity index (χ3n) is 3.49. The van der Waals surface area contributed by atoms with E-state index in [4.69, 9.17) is 0 Å². The highest BCUT2D eigenvalue weighted by atomic mass is 79.9. The zero-order chi connectivity index (χ0) is 15.5. The molecule has 21 heavy (non-hydrogen) atoms. The normalized spacial score (nSPS) is 10.4. The predicted molar refractivity (Wildman–Crippen MR) is 89.2 cm³/mol. The van der Waals surface area contributed by atoms with E-state index in [1.165, 1.54) is 31.9 Å². The van der Waals surface area contributed by atoms with Gasteiger partial charge in [-0.3, -0.25) is 9.59 Å². The van der Waals surface area contributed by atoms with Gasteiger partial charge in [0.2, 0.25) is 5.78 Å². The van der Waals surface area contributed by atoms with Crippen LogP contribution < -0.4 is 5.32 Å². The summed E-state index contributed by atoms with van der Waals surface area (Å²) in [6.45, 7) is 0. The van der Waals surface area contributed by atoms with Crippen LogP contribution in [0.25, 0.3) is 0 Å². The van der Waals surface area contributed by atoms with Gasteiger partial charge in [-0.25, -0.2) is 0 Å². The van der Waals surface area contributed by atoms with Crippen LogP contribution >= 0.6 is 15.9 Å². The summed E-state index contributed by atoms with van der Waals surface area (Å²) >= 11 is 3.48. The van der Waals surface area contributed by atoms with Crippen LogP contribution in [0.15, 0.2) is 28.7 Å². The number of carbonyl (C=O) groups excluding carboxylic acids is 2. The second-order valence-corrected chi connectivity index (χ2v) is 6.17. The van der Waals surface area contributed by atoms with E-state index in [9.17, 15) is 9.59 Å². The van der Waals surface area contributed by atoms with Crippen molar-refractivity contribution in [1.82, 2.24) is 5.32 Å². The summed E-state index contributed by atoms with van der Waals surface area (Å²) in [5.74, 6) is -0.767. The van der Waals surface area contributed by atoms with Crippen molar-refractivity contribution in [3.05, 3.63) is 34.3 Å². The molecule has 0 aliphatic rings. The molecule has 0 bridgehead atoms. The van der Waals surface area contributed by atoms with Gasteiger partial charge in [0.1, 0.15) is 0 Å². The summed E-state index contributed by atoms with van der Waals surface area (Å²) in [5.41, 5.74) is 1.38. The van der Waals surface area contributed by atoms with E-state index >= 15 is 0 Å². The molecule has 4 heteroatoms. The van der Waals surface area contributed by atoms with Gasteiger partial charge in [0.25, 0.3) is 5.91 Å². The van der Waals surface area contributed by atoms with Gasteiger partial charge < -0.3 is 5.32 Å². The van der Waals surface area contributed by atoms with Crippen LogP contribution in [0.3, 0.4) is 0 Å². The lowest BCUT2D eigenvalue weighted by molar-refractivity contribution is -0.137. The van der Waals surface area contributed by atoms with E-state index in [2.05, 4.69) is 39.4 Å². The number of unbranched alkanes of at least 4 members (excludes halogenated alkanes) is 5. The molecule has 1 aromatic rings. The summed E-state index contributed by atoms with van der Waals surface area (Å²) in [4.78, 5) is 22.3. The first kappa shape index (κ1) is 17.9. The van der Waals surface area contributed by atoms with E-state index in [1.807, 2.05) is 6.07 Å². The first-order valence-corrected chi connectivity index (χ1v) is 8.42. The van der Waals surface area contributed by atoms with E-state index < -0.39 is 5.91 Å². The van der Waals surface area contributed by atoms with E-state index in [0.29, 0.717) is 6.42 Å². The lowest BCUT2D eigenvalue weighted by Crippen LogP contribution is -2.27. The third-order valence-corrected chi connectivity index (χ3v) is 3.98. The smallest absolute Gasteiger partial charge is 0.287 e. The summed E-state index contributed by atoms with van der Waals surface area (Å²) in [5, 5.41) is 2.36. The van der Waals surface area contributed by atoms with Gasteiger partial charge in [-0.15, -0.1) is 0 Å². The van der Waals surface area contributed by atoms with Crippen LogP contribution in [0, 0.1) is 0 Å². The molecular formula is C17H24BrNO2. The van der Waals surface area contributed by atoms with Crippen molar-refractivity contribution in [2.24, 2.45) is 0 Å². The van der Waals surface area contributed by atoms with Crippen molar-refractivity contribution >= 4 is 27.6 Å². The SMILES string of the molecule is CNC(=O)C(=O)CCCCCCCCc1cccc(Br)c1. The Bertz CT molecular complexity index is 460. The Morgan fingerprint density at radius 3 is 2.38 bits per heavy atom. The first-order valence-electron chi connectivity index (χ1n) is 7.63. The minimum absolute atomic E-state index is 0.299. The minimum atomic E-state index is -0.468. The van der Waals surface area contributed by atoms with E-state index in [0.717, 1.165) is 30.2 Å². The lowest BCUT2D eigenvalue weighted by Gasteiger charge is -2.03. The molecule has 0 aliphatic heterocycles. The maximum atomic E-state index is 11.3. The largest absolute Gasteiger partial charge is 0.353 e. The molecule has 0 atom stereocenters. The number of amides is 1. The van der Waals surface area contributed by atoms with E-state index in [-0.39, 0.29) is 5.78 Å². The maximum absolute atomic E-state index is 11.3. The van der Waals surface area contributed by atoms with Gasteiger partial charge >= 0.3 is 0 Å². The van der Waals surface area contributed by atoms with Crippen molar-refractivity contribution in [2.45, 2.75) is 51.4 Å². The second-order valence-electron chi connectivity index (χ2n) is 5.25. The quantitative estimate of drug-likeness (QED) is 0.509. The highest BCUT2D eigenvalue weighted by Gasteiger charge is 2.09. The molecule has 0 aliphatic carbocycles. The fourth-order valence-electron chi connectivity index (χ4n) is 2.27. The number of Topliss-reactive ketones (excluding diaryl/α,β-unsaturated/α-hetero) is 1. The molecule has 0 heterocycles. The minimum Gasteiger partial charge on any atom is -0.353 e. The molecule has 1 N–H and O–H groups in total. The molecule has 0 spiro atoms. The van der Waals surface area contributed by atoms with Crippen LogP contribution in [-0.4, -0.2) is 18.7 Å². The van der Waals surface area contributed by atoms with Crippen molar-refractivity contribution in [3.63, 3.8) is 0 Å². The highest BCUT2D eigenvalue weighted by Crippen LogP contribution is 2.15. The third kappa shape index (κ3) is 8.00. The van der Waals surface area contributed by atoms with Crippen molar-refractivity contribution < 1.29 is 9.59 Å². The van der Waals surface area contributed by atoms with Crippen LogP contribution in [-0.2, 0) is 16.0 Å². The summed E-state index contributed by atoms with van der Waals surface area (Å²) in [6.07, 6.45) is 8.09. The number of hydrogen-bond acceptors (Lipinski definition) is 2. The molecule has 0 fully saturated rings. The molecular weight excluding hydrogens is 330 g/mol. The zero-order valence-corrected chi connectivity index (χ0v) is 14.2. The first-order chi connectivity index (χ1) is 10.1. The molecule has 1 rings (SSSR count). The van der Waals surface area contributed by atoms with E-state index in [1.54, 1.807) is 0 Å². The lowest BCUT2D eigenvalue weighted by atomic mass is 10.0. The van der Waals surface area contributed by atoms with Crippen molar-refractivity contribution in [3.8, 4) is 0 Å². The molecule has 0 unspecified atom stereocenters. The number of ketones is 1. The van der Waals surface area contributed by atoms with Gasteiger partial charge in [0.15, 0.2) is 0 Å². The zero-order valence-electron chi connectivity index (χ0n) is 12.7. The van der Waals surface area contributed by atoms with Crippen molar-refractivity contribution in [2.75, 3.05) is 7.05 Å². The molecule has 0 radical (unpaired) electrons. The fraction of sp³-hybridized carbons (Fsp3) is 0.529. The Kier molecular flexibility index (Phi) is 8.99. The maximum Gasteiger partial charge on any atom is 0.287 e. The molecule has 1 amide bonds. The van der Waals surface area contributed by atoms with Gasteiger partial charge in [-0.05, 0) is 37.0 Å².